The molecule has 0 saturated carbocycles. The van der Waals surface area contributed by atoms with Crippen LogP contribution in [-0.4, -0.2) is 36.9 Å². The third kappa shape index (κ3) is 3.66. The summed E-state index contributed by atoms with van der Waals surface area (Å²) in [6.45, 7) is 2.62. The molecule has 0 unspecified atom stereocenters. The van der Waals surface area contributed by atoms with E-state index in [-0.39, 0.29) is 10.2 Å². The van der Waals surface area contributed by atoms with Gasteiger partial charge in [-0.05, 0) is 48.6 Å². The largest absolute Gasteiger partial charge is 0.330 e. The van der Waals surface area contributed by atoms with Crippen LogP contribution in [0.5, 0.6) is 0 Å². The number of benzene rings is 2. The first kappa shape index (κ1) is 21.0. The van der Waals surface area contributed by atoms with Gasteiger partial charge in [-0.2, -0.15) is 4.37 Å². The number of primary sulfonamides is 1. The molecule has 11 heteroatoms. The summed E-state index contributed by atoms with van der Waals surface area (Å²) in [5, 5.41) is 6.72. The number of thiazole rings is 1. The number of aryl methyl sites for hydroxylation is 1. The summed E-state index contributed by atoms with van der Waals surface area (Å²) < 4.78 is 28.0. The monoisotopic (exact) mass is 485 g/mol. The number of carbonyl (C=O) groups is 1. The van der Waals surface area contributed by atoms with Crippen LogP contribution in [0.1, 0.15) is 12.1 Å². The Balaban J connectivity index is 1.42. The lowest BCUT2D eigenvalue weighted by Crippen LogP contribution is -2.49. The van der Waals surface area contributed by atoms with Gasteiger partial charge in [-0.1, -0.05) is 41.7 Å². The van der Waals surface area contributed by atoms with Gasteiger partial charge in [0.1, 0.15) is 0 Å². The van der Waals surface area contributed by atoms with Crippen molar-refractivity contribution in [1.82, 2.24) is 9.36 Å². The Morgan fingerprint density at radius 3 is 2.47 bits per heavy atom. The van der Waals surface area contributed by atoms with Gasteiger partial charge in [0.2, 0.25) is 10.0 Å². The van der Waals surface area contributed by atoms with E-state index in [1.807, 2.05) is 42.5 Å². The fraction of sp³-hybridized carbons (Fsp3) is 0.190. The molecule has 1 saturated heterocycles. The molecule has 2 aromatic carbocycles. The minimum Gasteiger partial charge on any atom is -0.294 e. The molecule has 5 rings (SSSR count). The Kier molecular flexibility index (Phi) is 5.20. The van der Waals surface area contributed by atoms with E-state index in [1.165, 1.54) is 16.4 Å². The number of rotatable bonds is 4. The number of anilines is 2. The lowest BCUT2D eigenvalue weighted by atomic mass is 10.1. The highest BCUT2D eigenvalue weighted by Crippen LogP contribution is 2.35. The average Bonchev–Trinajstić information content (AvgIpc) is 3.38. The molecule has 0 radical (unpaired) electrons. The molecule has 2 amide bonds. The summed E-state index contributed by atoms with van der Waals surface area (Å²) in [5.41, 5.74) is 3.09. The summed E-state index contributed by atoms with van der Waals surface area (Å²) in [5.74, 6) is 0. The zero-order valence-corrected chi connectivity index (χ0v) is 19.5. The predicted molar refractivity (Wildman–Crippen MR) is 128 cm³/mol. The predicted octanol–water partition coefficient (Wildman–Crippen LogP) is 4.21. The summed E-state index contributed by atoms with van der Waals surface area (Å²) in [6, 6.07) is 15.6. The van der Waals surface area contributed by atoms with Crippen molar-refractivity contribution in [2.24, 2.45) is 5.14 Å². The SMILES string of the molecule is Cc1nc(N2CCCN(c3ccc(-c4snc5ccccc45)cc3)C2=O)sc1S(N)(=O)=O. The fourth-order valence-corrected chi connectivity index (χ4v) is 6.61. The Bertz CT molecular complexity index is 1430. The smallest absolute Gasteiger partial charge is 0.294 e. The maximum Gasteiger partial charge on any atom is 0.330 e. The zero-order chi connectivity index (χ0) is 22.5. The highest BCUT2D eigenvalue weighted by atomic mass is 32.2. The van der Waals surface area contributed by atoms with Gasteiger partial charge in [-0.15, -0.1) is 0 Å². The van der Waals surface area contributed by atoms with Crippen molar-refractivity contribution in [1.29, 1.82) is 0 Å². The van der Waals surface area contributed by atoms with Gasteiger partial charge in [0.15, 0.2) is 9.34 Å². The van der Waals surface area contributed by atoms with Gasteiger partial charge in [-0.25, -0.2) is 23.3 Å². The maximum atomic E-state index is 13.2. The molecule has 4 aromatic rings. The Morgan fingerprint density at radius 2 is 1.75 bits per heavy atom. The highest BCUT2D eigenvalue weighted by molar-refractivity contribution is 7.91. The second kappa shape index (κ2) is 7.93. The molecule has 1 fully saturated rings. The zero-order valence-electron chi connectivity index (χ0n) is 17.1. The Hall–Kier alpha value is -2.86. The summed E-state index contributed by atoms with van der Waals surface area (Å²) in [6.07, 6.45) is 0.732. The van der Waals surface area contributed by atoms with E-state index in [4.69, 9.17) is 5.14 Å². The van der Waals surface area contributed by atoms with E-state index in [2.05, 4.69) is 15.4 Å². The van der Waals surface area contributed by atoms with Crippen molar-refractivity contribution < 1.29 is 13.2 Å². The third-order valence-corrected chi connectivity index (χ3v) is 8.94. The molecule has 1 aliphatic rings. The van der Waals surface area contributed by atoms with Crippen LogP contribution >= 0.6 is 22.9 Å². The summed E-state index contributed by atoms with van der Waals surface area (Å²) in [4.78, 5) is 21.8. The minimum absolute atomic E-state index is 0.0152. The Morgan fingerprint density at radius 1 is 1.03 bits per heavy atom. The van der Waals surface area contributed by atoms with E-state index in [1.54, 1.807) is 11.8 Å². The quantitative estimate of drug-likeness (QED) is 0.466. The number of nitrogens with zero attached hydrogens (tertiary/aromatic N) is 4. The van der Waals surface area contributed by atoms with Crippen LogP contribution in [-0.2, 0) is 10.0 Å². The molecule has 0 atom stereocenters. The first-order valence-corrected chi connectivity index (χ1v) is 13.0. The second-order valence-electron chi connectivity index (χ2n) is 7.43. The molecule has 0 bridgehead atoms. The van der Waals surface area contributed by atoms with Crippen LogP contribution in [0.3, 0.4) is 0 Å². The van der Waals surface area contributed by atoms with Crippen LogP contribution in [0.2, 0.25) is 0 Å². The van der Waals surface area contributed by atoms with Crippen molar-refractivity contribution in [3.8, 4) is 10.4 Å². The molecule has 2 N–H and O–H groups in total. The molecule has 32 heavy (non-hydrogen) atoms. The molecule has 164 valence electrons. The number of hydrogen-bond donors (Lipinski definition) is 1. The van der Waals surface area contributed by atoms with Crippen LogP contribution in [0, 0.1) is 6.92 Å². The molecule has 2 aromatic heterocycles. The van der Waals surface area contributed by atoms with Gasteiger partial charge < -0.3 is 0 Å². The highest BCUT2D eigenvalue weighted by Gasteiger charge is 2.31. The summed E-state index contributed by atoms with van der Waals surface area (Å²) >= 11 is 2.38. The molecule has 0 spiro atoms. The van der Waals surface area contributed by atoms with Crippen molar-refractivity contribution >= 4 is 60.6 Å². The van der Waals surface area contributed by atoms with Crippen LogP contribution in [0.4, 0.5) is 15.6 Å². The fourth-order valence-electron chi connectivity index (χ4n) is 3.78. The number of sulfonamides is 1. The number of fused-ring (bicyclic) bond motifs is 1. The Labute approximate surface area is 193 Å². The third-order valence-electron chi connectivity index (χ3n) is 5.28. The van der Waals surface area contributed by atoms with Crippen molar-refractivity contribution in [2.45, 2.75) is 17.6 Å². The normalized spacial score (nSPS) is 15.0. The van der Waals surface area contributed by atoms with Crippen LogP contribution in [0.15, 0.2) is 52.7 Å². The maximum absolute atomic E-state index is 13.2. The molecular weight excluding hydrogens is 466 g/mol. The van der Waals surface area contributed by atoms with Gasteiger partial charge >= 0.3 is 6.03 Å². The van der Waals surface area contributed by atoms with Gasteiger partial charge in [0.25, 0.3) is 0 Å². The average molecular weight is 486 g/mol. The van der Waals surface area contributed by atoms with E-state index >= 15 is 0 Å². The number of carbonyl (C=O) groups excluding carboxylic acids is 1. The van der Waals surface area contributed by atoms with E-state index in [0.29, 0.717) is 23.9 Å². The minimum atomic E-state index is -3.88. The van der Waals surface area contributed by atoms with E-state index in [9.17, 15) is 13.2 Å². The van der Waals surface area contributed by atoms with E-state index < -0.39 is 10.0 Å². The van der Waals surface area contributed by atoms with Crippen LogP contribution < -0.4 is 14.9 Å². The van der Waals surface area contributed by atoms with Crippen molar-refractivity contribution in [2.75, 3.05) is 22.9 Å². The molecule has 3 heterocycles. The number of aromatic nitrogens is 2. The van der Waals surface area contributed by atoms with Gasteiger partial charge in [0.05, 0.1) is 16.1 Å². The standard InChI is InChI=1S/C21H19N5O3S3/c1-13-19(32(22,28)29)30-20(23-13)26-12-4-11-25(21(26)27)15-9-7-14(8-10-15)18-16-5-2-3-6-17(16)24-31-18/h2-3,5-10H,4,11-12H2,1H3,(H2,22,28,29). The van der Waals surface area contributed by atoms with E-state index in [0.717, 1.165) is 44.8 Å². The number of amides is 2. The van der Waals surface area contributed by atoms with Crippen molar-refractivity contribution in [3.05, 3.63) is 54.2 Å². The molecular formula is C21H19N5O3S3. The first-order chi connectivity index (χ1) is 15.3. The first-order valence-electron chi connectivity index (χ1n) is 9.87. The number of urea groups is 1. The number of nitrogens with two attached hydrogens (primary N) is 1. The number of hydrogen-bond acceptors (Lipinski definition) is 7. The van der Waals surface area contributed by atoms with Crippen molar-refractivity contribution in [3.63, 3.8) is 0 Å². The van der Waals surface area contributed by atoms with Gasteiger partial charge in [0, 0.05) is 24.2 Å². The van der Waals surface area contributed by atoms with Gasteiger partial charge in [-0.3, -0.25) is 9.80 Å². The molecule has 1 aliphatic heterocycles. The lowest BCUT2D eigenvalue weighted by molar-refractivity contribution is 0.248. The molecule has 8 nitrogen and oxygen atoms in total. The molecule has 0 aliphatic carbocycles. The summed E-state index contributed by atoms with van der Waals surface area (Å²) in [7, 11) is -3.88. The lowest BCUT2D eigenvalue weighted by Gasteiger charge is -2.34. The second-order valence-corrected chi connectivity index (χ2v) is 10.9. The van der Waals surface area contributed by atoms with Crippen LogP contribution in [0.25, 0.3) is 21.3 Å². The topological polar surface area (TPSA) is 109 Å².